The summed E-state index contributed by atoms with van der Waals surface area (Å²) in [5.74, 6) is 2.10. The quantitative estimate of drug-likeness (QED) is 0.113. The van der Waals surface area contributed by atoms with Crippen LogP contribution in [0.25, 0.3) is 44.2 Å². The fraction of sp³-hybridized carbons (Fsp3) is 0.353. The van der Waals surface area contributed by atoms with Crippen molar-refractivity contribution in [2.75, 3.05) is 14.1 Å². The normalized spacial score (nSPS) is 14.1. The number of aryl methyl sites for hydroxylation is 5. The number of allylic oxidation sites excluding steroid dienone is 10. The molecule has 0 radical (unpaired) electrons. The number of phenolic OH excluding ortho intramolecular Hbond substituents is 2. The van der Waals surface area contributed by atoms with Gasteiger partial charge in [-0.2, -0.15) is 0 Å². The van der Waals surface area contributed by atoms with Gasteiger partial charge in [-0.3, -0.25) is 19.2 Å². The molecule has 8 rings (SSSR count). The van der Waals surface area contributed by atoms with E-state index in [1.807, 2.05) is 109 Å². The summed E-state index contributed by atoms with van der Waals surface area (Å²) in [6, 6.07) is 16.6. The molecule has 2 aliphatic carbocycles. The number of nitrogens with zero attached hydrogens (tertiary/aromatic N) is 1. The number of hydrogen-bond donors (Lipinski definition) is 3. The molecule has 2 aliphatic rings. The number of rotatable bonds is 10. The van der Waals surface area contributed by atoms with E-state index in [-0.39, 0.29) is 40.0 Å². The molecule has 10 heteroatoms. The number of carbonyl (C=O) groups excluding carboxylic acids is 2. The highest BCUT2D eigenvalue weighted by atomic mass is 16.3. The van der Waals surface area contributed by atoms with Gasteiger partial charge in [-0.05, 0) is 184 Å². The van der Waals surface area contributed by atoms with Crippen LogP contribution >= 0.6 is 0 Å². The molecule has 0 aliphatic heterocycles. The van der Waals surface area contributed by atoms with Crippen LogP contribution in [0, 0.1) is 58.3 Å². The fourth-order valence-electron chi connectivity index (χ4n) is 9.93. The first-order valence-corrected chi connectivity index (χ1v) is 26.9. The second kappa shape index (κ2) is 25.8. The molecule has 4 aromatic carbocycles. The second-order valence-electron chi connectivity index (χ2n) is 22.5. The number of aromatic hydroxyl groups is 2. The zero-order valence-corrected chi connectivity index (χ0v) is 49.2. The van der Waals surface area contributed by atoms with Gasteiger partial charge < -0.3 is 29.7 Å². The molecule has 78 heavy (non-hydrogen) atoms. The molecule has 0 bridgehead atoms. The van der Waals surface area contributed by atoms with E-state index in [1.165, 1.54) is 40.4 Å². The Morgan fingerprint density at radius 2 is 1.14 bits per heavy atom. The summed E-state index contributed by atoms with van der Waals surface area (Å²) in [4.78, 5) is 51.2. The molecule has 0 amide bonds. The molecule has 0 spiro atoms. The smallest absolute Gasteiger partial charge is 0.200 e. The minimum absolute atomic E-state index is 0.0538. The molecule has 0 saturated heterocycles. The maximum atomic E-state index is 13.1. The molecular formula is C68H82N2O8. The van der Waals surface area contributed by atoms with Crippen molar-refractivity contribution in [1.29, 1.82) is 0 Å². The van der Waals surface area contributed by atoms with Gasteiger partial charge in [-0.15, -0.1) is 0 Å². The maximum absolute atomic E-state index is 13.1. The minimum atomic E-state index is -0.113. The van der Waals surface area contributed by atoms with Crippen LogP contribution < -0.4 is 16.6 Å². The topological polar surface area (TPSA) is 164 Å². The van der Waals surface area contributed by atoms with Crippen molar-refractivity contribution in [1.82, 2.24) is 4.90 Å². The molecule has 4 N–H and O–H groups in total. The third-order valence-electron chi connectivity index (χ3n) is 14.4. The molecule has 0 fully saturated rings. The Morgan fingerprint density at radius 1 is 0.615 bits per heavy atom. The number of benzene rings is 4. The van der Waals surface area contributed by atoms with Gasteiger partial charge in [-0.25, -0.2) is 0 Å². The summed E-state index contributed by atoms with van der Waals surface area (Å²) < 4.78 is 11.5. The van der Waals surface area contributed by atoms with Crippen LogP contribution in [0.4, 0.5) is 0 Å². The van der Waals surface area contributed by atoms with Crippen molar-refractivity contribution in [3.05, 3.63) is 197 Å². The van der Waals surface area contributed by atoms with E-state index in [0.29, 0.717) is 97.5 Å². The first kappa shape index (κ1) is 61.5. The molecule has 2 heterocycles. The largest absolute Gasteiger partial charge is 0.507 e. The fourth-order valence-corrected chi connectivity index (χ4v) is 9.93. The van der Waals surface area contributed by atoms with Gasteiger partial charge in [0, 0.05) is 34.9 Å². The molecule has 2 aromatic heterocycles. The van der Waals surface area contributed by atoms with Crippen molar-refractivity contribution in [3.63, 3.8) is 0 Å². The Hall–Kier alpha value is -7.40. The van der Waals surface area contributed by atoms with Gasteiger partial charge in [0.2, 0.25) is 10.9 Å². The highest BCUT2D eigenvalue weighted by Crippen LogP contribution is 2.36. The predicted molar refractivity (Wildman–Crippen MR) is 322 cm³/mol. The number of carbonyl (C=O) groups is 2. The first-order chi connectivity index (χ1) is 36.5. The van der Waals surface area contributed by atoms with Gasteiger partial charge in [-0.1, -0.05) is 111 Å². The van der Waals surface area contributed by atoms with Crippen LogP contribution in [0.2, 0.25) is 0 Å². The molecule has 10 nitrogen and oxygen atoms in total. The molecule has 412 valence electrons. The Kier molecular flexibility index (Phi) is 20.4. The molecule has 0 saturated carbocycles. The van der Waals surface area contributed by atoms with Crippen molar-refractivity contribution in [3.8, 4) is 33.8 Å². The zero-order chi connectivity index (χ0) is 58.4. The van der Waals surface area contributed by atoms with Crippen LogP contribution in [0.3, 0.4) is 0 Å². The Labute approximate surface area is 462 Å². The Bertz CT molecular complexity index is 3560. The second-order valence-corrected chi connectivity index (χ2v) is 22.5. The van der Waals surface area contributed by atoms with Crippen molar-refractivity contribution < 1.29 is 28.6 Å². The van der Waals surface area contributed by atoms with Gasteiger partial charge >= 0.3 is 0 Å². The van der Waals surface area contributed by atoms with Crippen molar-refractivity contribution in [2.45, 2.75) is 123 Å². The highest BCUT2D eigenvalue weighted by Gasteiger charge is 2.26. The monoisotopic (exact) mass is 1050 g/mol. The van der Waals surface area contributed by atoms with E-state index >= 15 is 0 Å². The van der Waals surface area contributed by atoms with Crippen LogP contribution in [-0.4, -0.2) is 46.8 Å². The van der Waals surface area contributed by atoms with E-state index in [0.717, 1.165) is 33.4 Å². The number of fused-ring (bicyclic) bond motifs is 2. The van der Waals surface area contributed by atoms with E-state index in [2.05, 4.69) is 68.5 Å². The lowest BCUT2D eigenvalue weighted by molar-refractivity contribution is -0.112. The standard InChI is InChI=1S/C21H23NO3.C20H21NO3.C14H20O.C13H18O/c1-11-5-6-15(7-12(11)2)18-10-25-21-14(4)19(23)16(8-13(3)22)9-17(21)20(18)24;1-12-5-6-14(9-13(12)2)17-11-24-20-15(19(17)23)7-8-18(22)16(20)10-21(3)4;1-8(2)12-7-10(5)14(15)11(6)13(12)9(3)4;1-8(2)11-6-7-12(14)10(5)13(11)9(3)4/h5-7,9-10,13,23H,8,22H2,1-4H3;5-9,11,22H,10H2,1-4H3;7-9H,5H2,1-4,6H3;6-9H,5H2,1-4H3. The number of Topliss-reactive ketones (excluding diaryl/α,β-unsaturated/α-hetero) is 1. The van der Waals surface area contributed by atoms with Gasteiger partial charge in [0.05, 0.1) is 27.5 Å². The Balaban J connectivity index is 0.000000198. The molecule has 6 aromatic rings. The van der Waals surface area contributed by atoms with E-state index < -0.39 is 0 Å². The van der Waals surface area contributed by atoms with Crippen LogP contribution in [0.5, 0.6) is 11.5 Å². The van der Waals surface area contributed by atoms with Gasteiger partial charge in [0.25, 0.3) is 0 Å². The summed E-state index contributed by atoms with van der Waals surface area (Å²) in [6.07, 6.45) is 8.99. The van der Waals surface area contributed by atoms with E-state index in [9.17, 15) is 29.4 Å². The summed E-state index contributed by atoms with van der Waals surface area (Å²) in [5.41, 5.74) is 22.8. The molecular weight excluding hydrogens is 973 g/mol. The summed E-state index contributed by atoms with van der Waals surface area (Å²) in [5, 5.41) is 21.4. The predicted octanol–water partition coefficient (Wildman–Crippen LogP) is 14.8. The average molecular weight is 1060 g/mol. The first-order valence-electron chi connectivity index (χ1n) is 26.9. The maximum Gasteiger partial charge on any atom is 0.200 e. The third kappa shape index (κ3) is 13.8. The van der Waals surface area contributed by atoms with E-state index in [4.69, 9.17) is 14.6 Å². The van der Waals surface area contributed by atoms with Crippen molar-refractivity contribution >= 4 is 33.5 Å². The zero-order valence-electron chi connectivity index (χ0n) is 49.2. The SMILES string of the molecule is C=C1C(=O)C=CC(C(C)C)=C1C(C)C.C=C1C=C(C(C)C)C(C(C)C)=C(C)C1=O.Cc1ccc(-c2coc3c(C)c(O)c(CC(C)N)cc3c2=O)cc1C.Cc1ccc(-c2coc3c(CN(C)C)c(O)ccc3c2=O)cc1C. The lowest BCUT2D eigenvalue weighted by Gasteiger charge is -2.25. The van der Waals surface area contributed by atoms with Crippen LogP contribution in [0.15, 0.2) is 156 Å². The number of phenols is 2. The number of hydrogen-bond acceptors (Lipinski definition) is 10. The van der Waals surface area contributed by atoms with E-state index in [1.54, 1.807) is 31.2 Å². The minimum Gasteiger partial charge on any atom is -0.507 e. The molecule has 1 atom stereocenters. The van der Waals surface area contributed by atoms with Gasteiger partial charge in [0.1, 0.15) is 35.2 Å². The lowest BCUT2D eigenvalue weighted by atomic mass is 9.78. The Morgan fingerprint density at radius 3 is 1.62 bits per heavy atom. The average Bonchev–Trinajstić information content (AvgIpc) is 3.37. The lowest BCUT2D eigenvalue weighted by Crippen LogP contribution is -2.18. The number of nitrogens with two attached hydrogens (primary N) is 1. The summed E-state index contributed by atoms with van der Waals surface area (Å²) in [7, 11) is 3.81. The third-order valence-corrected chi connectivity index (χ3v) is 14.4. The van der Waals surface area contributed by atoms with Crippen molar-refractivity contribution in [2.24, 2.45) is 29.4 Å². The van der Waals surface area contributed by atoms with Crippen LogP contribution in [-0.2, 0) is 22.6 Å². The number of ketones is 2. The highest BCUT2D eigenvalue weighted by molar-refractivity contribution is 6.12. The summed E-state index contributed by atoms with van der Waals surface area (Å²) in [6.45, 7) is 38.9. The van der Waals surface area contributed by atoms with Gasteiger partial charge in [0.15, 0.2) is 11.6 Å². The summed E-state index contributed by atoms with van der Waals surface area (Å²) >= 11 is 0. The van der Waals surface area contributed by atoms with Crippen LogP contribution in [0.1, 0.15) is 108 Å². The molecule has 1 unspecified atom stereocenters.